The summed E-state index contributed by atoms with van der Waals surface area (Å²) in [4.78, 5) is 8.32. The van der Waals surface area contributed by atoms with Crippen LogP contribution in [-0.4, -0.2) is 38.3 Å². The average molecular weight is 524 g/mol. The molecule has 0 aliphatic carbocycles. The zero-order chi connectivity index (χ0) is 20.4. The Bertz CT molecular complexity index is 771. The number of hydrogen-bond donors (Lipinski definition) is 2. The van der Waals surface area contributed by atoms with Crippen molar-refractivity contribution in [1.82, 2.24) is 15.6 Å². The number of methoxy groups -OCH3 is 1. The number of nitrogens with zero attached hydrogens (tertiary/aromatic N) is 2. The van der Waals surface area contributed by atoms with E-state index in [9.17, 15) is 13.2 Å². The summed E-state index contributed by atoms with van der Waals surface area (Å²) in [5.74, 6) is 1.01. The molecule has 29 heavy (non-hydrogen) atoms. The minimum Gasteiger partial charge on any atom is -0.475 e. The van der Waals surface area contributed by atoms with Gasteiger partial charge in [0.25, 0.3) is 0 Å². The highest BCUT2D eigenvalue weighted by Gasteiger charge is 2.29. The highest BCUT2D eigenvalue weighted by molar-refractivity contribution is 14.0. The second-order valence-electron chi connectivity index (χ2n) is 5.78. The van der Waals surface area contributed by atoms with Gasteiger partial charge in [0.15, 0.2) is 5.96 Å². The van der Waals surface area contributed by atoms with Gasteiger partial charge < -0.3 is 20.1 Å². The van der Waals surface area contributed by atoms with Gasteiger partial charge in [0.1, 0.15) is 6.61 Å². The van der Waals surface area contributed by atoms with Crippen molar-refractivity contribution in [2.45, 2.75) is 19.3 Å². The molecule has 0 spiro atoms. The minimum absolute atomic E-state index is 0. The third kappa shape index (κ3) is 8.44. The Morgan fingerprint density at radius 2 is 1.76 bits per heavy atom. The average Bonchev–Trinajstić information content (AvgIpc) is 2.69. The number of halogens is 4. The van der Waals surface area contributed by atoms with E-state index in [1.807, 2.05) is 6.07 Å². The van der Waals surface area contributed by atoms with Gasteiger partial charge in [-0.25, -0.2) is 4.98 Å². The zero-order valence-electron chi connectivity index (χ0n) is 16.1. The van der Waals surface area contributed by atoms with Crippen molar-refractivity contribution in [1.29, 1.82) is 0 Å². The Morgan fingerprint density at radius 3 is 2.38 bits per heavy atom. The fourth-order valence-electron chi connectivity index (χ4n) is 2.31. The van der Waals surface area contributed by atoms with Crippen LogP contribution in [0.25, 0.3) is 0 Å². The third-order valence-corrected chi connectivity index (χ3v) is 3.79. The first kappa shape index (κ1) is 25.0. The molecular formula is C19H24F3IN4O2. The predicted octanol–water partition coefficient (Wildman–Crippen LogP) is 3.61. The molecule has 2 N–H and O–H groups in total. The molecule has 0 amide bonds. The molecule has 160 valence electrons. The summed E-state index contributed by atoms with van der Waals surface area (Å²) in [6, 6.07) is 8.68. The third-order valence-electron chi connectivity index (χ3n) is 3.79. The summed E-state index contributed by atoms with van der Waals surface area (Å²) < 4.78 is 48.4. The fourth-order valence-corrected chi connectivity index (χ4v) is 2.31. The van der Waals surface area contributed by atoms with Crippen LogP contribution in [0.4, 0.5) is 13.2 Å². The first-order chi connectivity index (χ1) is 13.4. The Kier molecular flexibility index (Phi) is 10.7. The molecule has 0 saturated heterocycles. The van der Waals surface area contributed by atoms with Gasteiger partial charge in [-0.1, -0.05) is 18.2 Å². The van der Waals surface area contributed by atoms with Crippen LogP contribution in [0.1, 0.15) is 16.7 Å². The summed E-state index contributed by atoms with van der Waals surface area (Å²) in [7, 11) is 3.21. The lowest BCUT2D eigenvalue weighted by Crippen LogP contribution is -2.36. The van der Waals surface area contributed by atoms with Crippen LogP contribution in [0.2, 0.25) is 0 Å². The fraction of sp³-hybridized carbons (Fsp3) is 0.368. The minimum atomic E-state index is -4.34. The number of nitrogens with one attached hydrogen (secondary N) is 2. The Balaban J connectivity index is 0.00000420. The van der Waals surface area contributed by atoms with Crippen molar-refractivity contribution < 1.29 is 22.6 Å². The van der Waals surface area contributed by atoms with Gasteiger partial charge >= 0.3 is 6.18 Å². The number of alkyl halides is 3. The van der Waals surface area contributed by atoms with Crippen LogP contribution in [0, 0.1) is 0 Å². The lowest BCUT2D eigenvalue weighted by atomic mass is 10.1. The molecule has 1 aromatic carbocycles. The van der Waals surface area contributed by atoms with E-state index < -0.39 is 11.7 Å². The van der Waals surface area contributed by atoms with Crippen LogP contribution in [0.15, 0.2) is 47.6 Å². The topological polar surface area (TPSA) is 67.8 Å². The summed E-state index contributed by atoms with van der Waals surface area (Å²) in [5, 5.41) is 6.19. The van der Waals surface area contributed by atoms with Crippen LogP contribution < -0.4 is 15.4 Å². The second-order valence-corrected chi connectivity index (χ2v) is 5.78. The molecule has 0 saturated carbocycles. The Hall–Kier alpha value is -2.08. The standard InChI is InChI=1S/C19H23F3N4O2.HI/c1-23-18(25-12-14-5-7-16(8-6-14)19(20,21)22)26-13-15-4-3-9-24-17(15)28-11-10-27-2;/h3-9H,10-13H2,1-2H3,(H2,23,25,26);1H. The molecule has 1 aromatic heterocycles. The van der Waals surface area contributed by atoms with Crippen molar-refractivity contribution in [3.63, 3.8) is 0 Å². The first-order valence-corrected chi connectivity index (χ1v) is 8.60. The SMILES string of the molecule is CN=C(NCc1ccc(C(F)(F)F)cc1)NCc1cccnc1OCCOC.I. The molecule has 10 heteroatoms. The van der Waals surface area contributed by atoms with Gasteiger partial charge in [-0.2, -0.15) is 13.2 Å². The van der Waals surface area contributed by atoms with E-state index in [2.05, 4.69) is 20.6 Å². The molecule has 0 unspecified atom stereocenters. The normalized spacial score (nSPS) is 11.6. The van der Waals surface area contributed by atoms with Gasteiger partial charge in [-0.15, -0.1) is 24.0 Å². The highest BCUT2D eigenvalue weighted by atomic mass is 127. The van der Waals surface area contributed by atoms with Crippen molar-refractivity contribution in [2.24, 2.45) is 4.99 Å². The summed E-state index contributed by atoms with van der Waals surface area (Å²) in [5.41, 5.74) is 0.883. The molecule has 0 fully saturated rings. The summed E-state index contributed by atoms with van der Waals surface area (Å²) in [6.07, 6.45) is -2.69. The number of guanidine groups is 1. The number of aromatic nitrogens is 1. The number of ether oxygens (including phenoxy) is 2. The van der Waals surface area contributed by atoms with Gasteiger partial charge in [0.2, 0.25) is 5.88 Å². The molecule has 2 rings (SSSR count). The van der Waals surface area contributed by atoms with E-state index in [0.29, 0.717) is 43.7 Å². The van der Waals surface area contributed by atoms with Gasteiger partial charge in [0.05, 0.1) is 12.2 Å². The first-order valence-electron chi connectivity index (χ1n) is 8.60. The quantitative estimate of drug-likeness (QED) is 0.239. The monoisotopic (exact) mass is 524 g/mol. The van der Waals surface area contributed by atoms with E-state index >= 15 is 0 Å². The molecule has 2 aromatic rings. The Labute approximate surface area is 184 Å². The van der Waals surface area contributed by atoms with Crippen LogP contribution in [0.5, 0.6) is 5.88 Å². The molecule has 0 bridgehead atoms. The van der Waals surface area contributed by atoms with E-state index in [4.69, 9.17) is 9.47 Å². The molecular weight excluding hydrogens is 500 g/mol. The maximum absolute atomic E-state index is 12.6. The van der Waals surface area contributed by atoms with E-state index in [-0.39, 0.29) is 24.0 Å². The van der Waals surface area contributed by atoms with Gasteiger partial charge in [-0.3, -0.25) is 4.99 Å². The van der Waals surface area contributed by atoms with E-state index in [0.717, 1.165) is 17.7 Å². The van der Waals surface area contributed by atoms with E-state index in [1.54, 1.807) is 26.4 Å². The van der Waals surface area contributed by atoms with Gasteiger partial charge in [-0.05, 0) is 23.8 Å². The number of rotatable bonds is 8. The van der Waals surface area contributed by atoms with Crippen LogP contribution in [-0.2, 0) is 24.0 Å². The molecule has 0 radical (unpaired) electrons. The second kappa shape index (κ2) is 12.5. The number of aliphatic imine (C=N–C) groups is 1. The zero-order valence-corrected chi connectivity index (χ0v) is 18.5. The number of hydrogen-bond acceptors (Lipinski definition) is 4. The number of pyridine rings is 1. The summed E-state index contributed by atoms with van der Waals surface area (Å²) in [6.45, 7) is 1.60. The molecule has 0 atom stereocenters. The molecule has 0 aliphatic heterocycles. The maximum Gasteiger partial charge on any atom is 0.416 e. The van der Waals surface area contributed by atoms with Crippen molar-refractivity contribution in [3.05, 3.63) is 59.3 Å². The van der Waals surface area contributed by atoms with Crippen molar-refractivity contribution in [2.75, 3.05) is 27.4 Å². The maximum atomic E-state index is 12.6. The smallest absolute Gasteiger partial charge is 0.416 e. The van der Waals surface area contributed by atoms with Gasteiger partial charge in [0, 0.05) is 39.0 Å². The lowest BCUT2D eigenvalue weighted by molar-refractivity contribution is -0.137. The number of benzene rings is 1. The lowest BCUT2D eigenvalue weighted by Gasteiger charge is -2.14. The Morgan fingerprint density at radius 1 is 1.07 bits per heavy atom. The molecule has 1 heterocycles. The van der Waals surface area contributed by atoms with Crippen LogP contribution >= 0.6 is 24.0 Å². The van der Waals surface area contributed by atoms with Crippen molar-refractivity contribution in [3.8, 4) is 5.88 Å². The van der Waals surface area contributed by atoms with E-state index in [1.165, 1.54) is 12.1 Å². The van der Waals surface area contributed by atoms with Crippen molar-refractivity contribution >= 4 is 29.9 Å². The summed E-state index contributed by atoms with van der Waals surface area (Å²) >= 11 is 0. The highest BCUT2D eigenvalue weighted by Crippen LogP contribution is 2.29. The van der Waals surface area contributed by atoms with Crippen LogP contribution in [0.3, 0.4) is 0 Å². The predicted molar refractivity (Wildman–Crippen MR) is 116 cm³/mol. The molecule has 0 aliphatic rings. The largest absolute Gasteiger partial charge is 0.475 e. The molecule has 6 nitrogen and oxygen atoms in total.